The number of carbonyl (C=O) groups excluding carboxylic acids is 1. The maximum atomic E-state index is 11.8. The fourth-order valence-electron chi connectivity index (χ4n) is 1.40. The molecule has 0 aliphatic carbocycles. The number of halogens is 2. The summed E-state index contributed by atoms with van der Waals surface area (Å²) in [4.78, 5) is 20.2. The van der Waals surface area contributed by atoms with Crippen LogP contribution in [0.5, 0.6) is 0 Å². The molecule has 0 spiro atoms. The van der Waals surface area contributed by atoms with Gasteiger partial charge in [-0.3, -0.25) is 4.79 Å². The molecule has 0 unspecified atom stereocenters. The number of aromatic nitrogens is 2. The molecule has 5 nitrogen and oxygen atoms in total. The lowest BCUT2D eigenvalue weighted by atomic mass is 10.4. The molecule has 112 valence electrons. The number of carbonyl (C=O) groups is 1. The maximum absolute atomic E-state index is 11.8. The summed E-state index contributed by atoms with van der Waals surface area (Å²) < 4.78 is 0. The van der Waals surface area contributed by atoms with Crippen LogP contribution in [0.15, 0.2) is 17.0 Å². The fourth-order valence-corrected chi connectivity index (χ4v) is 2.82. The third kappa shape index (κ3) is 5.72. The van der Waals surface area contributed by atoms with Crippen LogP contribution in [0.1, 0.15) is 20.5 Å². The van der Waals surface area contributed by atoms with E-state index in [4.69, 9.17) is 5.73 Å². The van der Waals surface area contributed by atoms with Crippen LogP contribution in [-0.4, -0.2) is 29.0 Å². The topological polar surface area (TPSA) is 80.9 Å². The average Bonchev–Trinajstić information content (AvgIpc) is 3.00. The number of nitrogens with one attached hydrogen (secondary N) is 1. The second kappa shape index (κ2) is 10.1. The van der Waals surface area contributed by atoms with Gasteiger partial charge in [0.05, 0.1) is 10.0 Å². The summed E-state index contributed by atoms with van der Waals surface area (Å²) in [6, 6.07) is 0. The van der Waals surface area contributed by atoms with Crippen molar-refractivity contribution < 1.29 is 4.79 Å². The van der Waals surface area contributed by atoms with Gasteiger partial charge in [-0.05, 0) is 6.54 Å². The van der Waals surface area contributed by atoms with Gasteiger partial charge in [-0.1, -0.05) is 0 Å². The largest absolute Gasteiger partial charge is 0.350 e. The Kier molecular flexibility index (Phi) is 9.70. The van der Waals surface area contributed by atoms with Crippen molar-refractivity contribution in [2.75, 3.05) is 13.1 Å². The van der Waals surface area contributed by atoms with E-state index in [2.05, 4.69) is 15.3 Å². The van der Waals surface area contributed by atoms with Crippen LogP contribution in [-0.2, 0) is 12.8 Å². The van der Waals surface area contributed by atoms with Crippen LogP contribution >= 0.6 is 47.5 Å². The monoisotopic (exact) mass is 354 g/mol. The van der Waals surface area contributed by atoms with E-state index in [1.807, 2.05) is 5.38 Å². The molecule has 0 radical (unpaired) electrons. The van der Waals surface area contributed by atoms with Crippen molar-refractivity contribution in [1.29, 1.82) is 0 Å². The molecule has 2 rings (SSSR count). The molecule has 0 aliphatic rings. The Morgan fingerprint density at radius 3 is 2.70 bits per heavy atom. The Hall–Kier alpha value is -0.730. The highest BCUT2D eigenvalue weighted by atomic mass is 35.5. The van der Waals surface area contributed by atoms with Crippen LogP contribution < -0.4 is 11.1 Å². The number of rotatable bonds is 6. The molecule has 2 aromatic heterocycles. The molecule has 0 fully saturated rings. The van der Waals surface area contributed by atoms with Crippen LogP contribution in [0, 0.1) is 0 Å². The van der Waals surface area contributed by atoms with Crippen molar-refractivity contribution in [3.63, 3.8) is 0 Å². The quantitative estimate of drug-likeness (QED) is 0.830. The number of hydrogen-bond acceptors (Lipinski definition) is 6. The first kappa shape index (κ1) is 19.3. The Balaban J connectivity index is 0.00000180. The maximum Gasteiger partial charge on any atom is 0.270 e. The van der Waals surface area contributed by atoms with E-state index >= 15 is 0 Å². The van der Waals surface area contributed by atoms with Gasteiger partial charge in [-0.25, -0.2) is 9.97 Å². The molecule has 0 aliphatic heterocycles. The highest BCUT2D eigenvalue weighted by molar-refractivity contribution is 7.10. The van der Waals surface area contributed by atoms with Crippen LogP contribution in [0.4, 0.5) is 0 Å². The molecule has 0 bridgehead atoms. The lowest BCUT2D eigenvalue weighted by Gasteiger charge is -2.00. The molecule has 20 heavy (non-hydrogen) atoms. The first-order chi connectivity index (χ1) is 8.79. The van der Waals surface area contributed by atoms with Gasteiger partial charge >= 0.3 is 0 Å². The molecule has 2 aromatic rings. The van der Waals surface area contributed by atoms with Gasteiger partial charge in [0, 0.05) is 36.3 Å². The van der Waals surface area contributed by atoms with Gasteiger partial charge in [0.2, 0.25) is 0 Å². The summed E-state index contributed by atoms with van der Waals surface area (Å²) in [5.74, 6) is -0.133. The molecule has 0 atom stereocenters. The summed E-state index contributed by atoms with van der Waals surface area (Å²) >= 11 is 3.06. The van der Waals surface area contributed by atoms with E-state index in [1.54, 1.807) is 22.9 Å². The van der Waals surface area contributed by atoms with Crippen LogP contribution in [0.3, 0.4) is 0 Å². The molecule has 3 N–H and O–H groups in total. The standard InChI is InChI=1S/C11H14N4OS2.2ClH/c12-3-1-10-15-8(7-18-10)11(16)14-4-2-9-13-5-6-17-9;;/h5-7H,1-4,12H2,(H,14,16);2*1H. The smallest absolute Gasteiger partial charge is 0.270 e. The van der Waals surface area contributed by atoms with Gasteiger partial charge in [0.25, 0.3) is 5.91 Å². The average molecular weight is 355 g/mol. The van der Waals surface area contributed by atoms with E-state index in [0.29, 0.717) is 18.8 Å². The molecular formula is C11H16Cl2N4OS2. The minimum Gasteiger partial charge on any atom is -0.350 e. The predicted octanol–water partition coefficient (Wildman–Crippen LogP) is 1.92. The SMILES string of the molecule is Cl.Cl.NCCc1nc(C(=O)NCCc2nccs2)cs1. The molecule has 9 heteroatoms. The zero-order valence-electron chi connectivity index (χ0n) is 10.6. The van der Waals surface area contributed by atoms with Gasteiger partial charge in [-0.2, -0.15) is 0 Å². The number of amides is 1. The lowest BCUT2D eigenvalue weighted by molar-refractivity contribution is 0.0949. The lowest BCUT2D eigenvalue weighted by Crippen LogP contribution is -2.26. The zero-order valence-corrected chi connectivity index (χ0v) is 13.8. The van der Waals surface area contributed by atoms with E-state index in [-0.39, 0.29) is 30.7 Å². The number of nitrogens with two attached hydrogens (primary N) is 1. The second-order valence-corrected chi connectivity index (χ2v) is 5.52. The Bertz CT molecular complexity index is 504. The highest BCUT2D eigenvalue weighted by Gasteiger charge is 2.09. The normalized spacial score (nSPS) is 9.45. The first-order valence-electron chi connectivity index (χ1n) is 5.60. The third-order valence-corrected chi connectivity index (χ3v) is 4.00. The predicted molar refractivity (Wildman–Crippen MR) is 87.5 cm³/mol. The first-order valence-corrected chi connectivity index (χ1v) is 7.36. The van der Waals surface area contributed by atoms with Crippen molar-refractivity contribution in [3.05, 3.63) is 32.7 Å². The summed E-state index contributed by atoms with van der Waals surface area (Å²) in [5.41, 5.74) is 5.92. The van der Waals surface area contributed by atoms with Gasteiger partial charge in [-0.15, -0.1) is 47.5 Å². The van der Waals surface area contributed by atoms with Crippen molar-refractivity contribution >= 4 is 53.4 Å². The number of thiazole rings is 2. The van der Waals surface area contributed by atoms with E-state index in [9.17, 15) is 4.79 Å². The van der Waals surface area contributed by atoms with Gasteiger partial charge in [0.15, 0.2) is 0 Å². The minimum atomic E-state index is -0.133. The van der Waals surface area contributed by atoms with Crippen molar-refractivity contribution in [1.82, 2.24) is 15.3 Å². The summed E-state index contributed by atoms with van der Waals surface area (Å²) in [5, 5.41) is 8.46. The zero-order chi connectivity index (χ0) is 12.8. The van der Waals surface area contributed by atoms with Crippen molar-refractivity contribution in [2.45, 2.75) is 12.8 Å². The molecule has 0 aromatic carbocycles. The van der Waals surface area contributed by atoms with Crippen molar-refractivity contribution in [3.8, 4) is 0 Å². The number of nitrogens with zero attached hydrogens (tertiary/aromatic N) is 2. The Labute approximate surface area is 137 Å². The molecule has 0 saturated heterocycles. The van der Waals surface area contributed by atoms with Gasteiger partial charge in [0.1, 0.15) is 5.69 Å². The Morgan fingerprint density at radius 1 is 1.25 bits per heavy atom. The second-order valence-electron chi connectivity index (χ2n) is 3.60. The van der Waals surface area contributed by atoms with E-state index in [0.717, 1.165) is 22.9 Å². The number of hydrogen-bond donors (Lipinski definition) is 2. The molecular weight excluding hydrogens is 339 g/mol. The molecule has 2 heterocycles. The van der Waals surface area contributed by atoms with Crippen LogP contribution in [0.2, 0.25) is 0 Å². The fraction of sp³-hybridized carbons (Fsp3) is 0.364. The summed E-state index contributed by atoms with van der Waals surface area (Å²) in [7, 11) is 0. The third-order valence-electron chi connectivity index (χ3n) is 2.25. The van der Waals surface area contributed by atoms with Crippen LogP contribution in [0.25, 0.3) is 0 Å². The van der Waals surface area contributed by atoms with Crippen molar-refractivity contribution in [2.24, 2.45) is 5.73 Å². The van der Waals surface area contributed by atoms with Gasteiger partial charge < -0.3 is 11.1 Å². The minimum absolute atomic E-state index is 0. The van der Waals surface area contributed by atoms with E-state index in [1.165, 1.54) is 11.3 Å². The molecule has 1 amide bonds. The Morgan fingerprint density at radius 2 is 2.05 bits per heavy atom. The molecule has 0 saturated carbocycles. The summed E-state index contributed by atoms with van der Waals surface area (Å²) in [6.45, 7) is 1.13. The summed E-state index contributed by atoms with van der Waals surface area (Å²) in [6.07, 6.45) is 3.24. The highest BCUT2D eigenvalue weighted by Crippen LogP contribution is 2.10. The van der Waals surface area contributed by atoms with E-state index < -0.39 is 0 Å².